The van der Waals surface area contributed by atoms with Crippen LogP contribution in [0, 0.1) is 11.8 Å². The highest BCUT2D eigenvalue weighted by atomic mass is 35.5. The first-order valence-electron chi connectivity index (χ1n) is 6.57. The fraction of sp³-hybridized carbons (Fsp3) is 0.357. The Labute approximate surface area is 121 Å². The number of hydrogen-bond donors (Lipinski definition) is 1. The summed E-state index contributed by atoms with van der Waals surface area (Å²) in [7, 11) is 0. The number of H-pyrrole nitrogens is 1. The van der Waals surface area contributed by atoms with E-state index >= 15 is 0 Å². The van der Waals surface area contributed by atoms with Gasteiger partial charge in [0.05, 0.1) is 18.0 Å². The molecule has 0 unspecified atom stereocenters. The number of carbonyl (C=O) groups excluding carboxylic acids is 2. The SMILES string of the molecule is O=C1[C@H]2CC=C(Cl)C[C@@H]2C(=O)N1CNc1cccc[nH+]1. The van der Waals surface area contributed by atoms with Gasteiger partial charge in [0.1, 0.15) is 0 Å². The Hall–Kier alpha value is -1.88. The van der Waals surface area contributed by atoms with Crippen LogP contribution in [-0.4, -0.2) is 23.4 Å². The van der Waals surface area contributed by atoms with Crippen LogP contribution in [-0.2, 0) is 9.59 Å². The number of halogens is 1. The average molecular weight is 293 g/mol. The van der Waals surface area contributed by atoms with Crippen LogP contribution in [0.25, 0.3) is 0 Å². The molecule has 2 atom stereocenters. The fourth-order valence-corrected chi connectivity index (χ4v) is 2.97. The highest BCUT2D eigenvalue weighted by Gasteiger charge is 2.48. The zero-order chi connectivity index (χ0) is 14.1. The van der Waals surface area contributed by atoms with Crippen molar-refractivity contribution in [2.75, 3.05) is 12.0 Å². The Balaban J connectivity index is 1.69. The molecule has 2 aliphatic rings. The number of allylic oxidation sites excluding steroid dienone is 2. The molecule has 0 aromatic carbocycles. The summed E-state index contributed by atoms with van der Waals surface area (Å²) >= 11 is 5.98. The lowest BCUT2D eigenvalue weighted by molar-refractivity contribution is -0.361. The van der Waals surface area contributed by atoms with Crippen molar-refractivity contribution in [2.45, 2.75) is 12.8 Å². The van der Waals surface area contributed by atoms with Crippen LogP contribution in [0.4, 0.5) is 5.82 Å². The third-order valence-corrected chi connectivity index (χ3v) is 4.11. The molecule has 5 nitrogen and oxygen atoms in total. The number of nitrogens with one attached hydrogen (secondary N) is 2. The second-order valence-electron chi connectivity index (χ2n) is 5.02. The number of carbonyl (C=O) groups is 2. The number of likely N-dealkylation sites (tertiary alicyclic amines) is 1. The number of anilines is 1. The predicted molar refractivity (Wildman–Crippen MR) is 73.5 cm³/mol. The minimum Gasteiger partial charge on any atom is -0.274 e. The first kappa shape index (κ1) is 13.1. The minimum atomic E-state index is -0.290. The van der Waals surface area contributed by atoms with Crippen molar-refractivity contribution >= 4 is 29.2 Å². The molecule has 2 heterocycles. The van der Waals surface area contributed by atoms with E-state index in [0.717, 1.165) is 5.82 Å². The van der Waals surface area contributed by atoms with Crippen LogP contribution in [0.2, 0.25) is 0 Å². The van der Waals surface area contributed by atoms with Crippen molar-refractivity contribution in [1.82, 2.24) is 4.90 Å². The number of aromatic amines is 1. The fourth-order valence-electron chi connectivity index (χ4n) is 2.72. The second kappa shape index (κ2) is 5.25. The van der Waals surface area contributed by atoms with E-state index in [-0.39, 0.29) is 30.3 Å². The molecular weight excluding hydrogens is 278 g/mol. The molecule has 0 radical (unpaired) electrons. The first-order valence-corrected chi connectivity index (χ1v) is 6.95. The number of nitrogens with zero attached hydrogens (tertiary/aromatic N) is 1. The van der Waals surface area contributed by atoms with Gasteiger partial charge in [-0.25, -0.2) is 9.88 Å². The van der Waals surface area contributed by atoms with Gasteiger partial charge in [-0.05, 0) is 18.9 Å². The maximum absolute atomic E-state index is 12.3. The number of aromatic nitrogens is 1. The topological polar surface area (TPSA) is 63.6 Å². The van der Waals surface area contributed by atoms with E-state index in [2.05, 4.69) is 10.3 Å². The van der Waals surface area contributed by atoms with Gasteiger partial charge < -0.3 is 0 Å². The van der Waals surface area contributed by atoms with Crippen LogP contribution in [0.1, 0.15) is 12.8 Å². The molecule has 2 N–H and O–H groups in total. The van der Waals surface area contributed by atoms with Crippen LogP contribution < -0.4 is 10.3 Å². The summed E-state index contributed by atoms with van der Waals surface area (Å²) in [5.74, 6) is -0.00855. The summed E-state index contributed by atoms with van der Waals surface area (Å²) in [6, 6.07) is 5.58. The van der Waals surface area contributed by atoms with E-state index in [9.17, 15) is 9.59 Å². The molecule has 1 aliphatic heterocycles. The highest BCUT2D eigenvalue weighted by molar-refractivity contribution is 6.30. The summed E-state index contributed by atoms with van der Waals surface area (Å²) in [6.45, 7) is 0.183. The van der Waals surface area contributed by atoms with Crippen LogP contribution in [0.5, 0.6) is 0 Å². The van der Waals surface area contributed by atoms with Crippen molar-refractivity contribution in [3.8, 4) is 0 Å². The van der Waals surface area contributed by atoms with Gasteiger partial charge in [-0.1, -0.05) is 23.7 Å². The molecule has 1 aromatic rings. The largest absolute Gasteiger partial charge is 0.274 e. The molecule has 1 saturated heterocycles. The van der Waals surface area contributed by atoms with Gasteiger partial charge in [0.25, 0.3) is 5.82 Å². The Bertz CT molecular complexity index is 573. The lowest BCUT2D eigenvalue weighted by Gasteiger charge is -2.17. The monoisotopic (exact) mass is 292 g/mol. The van der Waals surface area contributed by atoms with Crippen LogP contribution >= 0.6 is 11.6 Å². The maximum Gasteiger partial charge on any atom is 0.273 e. The lowest BCUT2D eigenvalue weighted by Crippen LogP contribution is -2.36. The van der Waals surface area contributed by atoms with Crippen molar-refractivity contribution in [1.29, 1.82) is 0 Å². The summed E-state index contributed by atoms with van der Waals surface area (Å²) < 4.78 is 0. The van der Waals surface area contributed by atoms with E-state index in [4.69, 9.17) is 11.6 Å². The molecule has 20 heavy (non-hydrogen) atoms. The number of hydrogen-bond acceptors (Lipinski definition) is 3. The molecular formula is C14H15ClN3O2+. The number of fused-ring (bicyclic) bond motifs is 1. The molecule has 1 fully saturated rings. The van der Waals surface area contributed by atoms with Crippen molar-refractivity contribution in [3.05, 3.63) is 35.5 Å². The van der Waals surface area contributed by atoms with Gasteiger partial charge in [0, 0.05) is 11.1 Å². The third-order valence-electron chi connectivity index (χ3n) is 3.80. The number of amides is 2. The molecule has 0 bridgehead atoms. The summed E-state index contributed by atoms with van der Waals surface area (Å²) in [4.78, 5) is 28.8. The Morgan fingerprint density at radius 1 is 1.30 bits per heavy atom. The molecule has 0 spiro atoms. The van der Waals surface area contributed by atoms with Gasteiger partial charge in [-0.15, -0.1) is 0 Å². The summed E-state index contributed by atoms with van der Waals surface area (Å²) in [5, 5.41) is 3.73. The zero-order valence-electron chi connectivity index (χ0n) is 10.8. The molecule has 104 valence electrons. The minimum absolute atomic E-state index is 0.108. The predicted octanol–water partition coefficient (Wildman–Crippen LogP) is 1.39. The Morgan fingerprint density at radius 2 is 2.10 bits per heavy atom. The van der Waals surface area contributed by atoms with E-state index < -0.39 is 0 Å². The van der Waals surface area contributed by atoms with Crippen LogP contribution in [0.3, 0.4) is 0 Å². The van der Waals surface area contributed by atoms with E-state index in [1.165, 1.54) is 4.90 Å². The number of pyridine rings is 1. The zero-order valence-corrected chi connectivity index (χ0v) is 11.6. The van der Waals surface area contributed by atoms with Gasteiger partial charge in [-0.3, -0.25) is 14.9 Å². The number of rotatable bonds is 3. The molecule has 1 aromatic heterocycles. The standard InChI is InChI=1S/C14H14ClN3O2/c15-9-4-5-10-11(7-9)14(20)18(13(10)19)8-17-12-3-1-2-6-16-12/h1-4,6,10-11H,5,7-8H2,(H,16,17)/p+1/t10-,11-/m0/s1. The molecule has 3 rings (SSSR count). The smallest absolute Gasteiger partial charge is 0.273 e. The quantitative estimate of drug-likeness (QED) is 0.856. The highest BCUT2D eigenvalue weighted by Crippen LogP contribution is 2.38. The van der Waals surface area contributed by atoms with E-state index in [1.54, 1.807) is 6.20 Å². The lowest BCUT2D eigenvalue weighted by atomic mass is 9.85. The van der Waals surface area contributed by atoms with Crippen LogP contribution in [0.15, 0.2) is 35.5 Å². The van der Waals surface area contributed by atoms with Crippen molar-refractivity contribution < 1.29 is 14.6 Å². The first-order chi connectivity index (χ1) is 9.66. The van der Waals surface area contributed by atoms with Gasteiger partial charge in [-0.2, -0.15) is 0 Å². The normalized spacial score (nSPS) is 25.4. The molecule has 1 aliphatic carbocycles. The maximum atomic E-state index is 12.3. The Kier molecular flexibility index (Phi) is 3.44. The van der Waals surface area contributed by atoms with Gasteiger partial charge in [0.15, 0.2) is 6.67 Å². The average Bonchev–Trinajstić information content (AvgIpc) is 2.70. The van der Waals surface area contributed by atoms with E-state index in [0.29, 0.717) is 17.9 Å². The summed E-state index contributed by atoms with van der Waals surface area (Å²) in [5.41, 5.74) is 0. The molecule has 2 amide bonds. The Morgan fingerprint density at radius 3 is 2.85 bits per heavy atom. The summed E-state index contributed by atoms with van der Waals surface area (Å²) in [6.07, 6.45) is 4.65. The second-order valence-corrected chi connectivity index (χ2v) is 5.50. The number of imide groups is 1. The molecule has 6 heteroatoms. The van der Waals surface area contributed by atoms with Crippen molar-refractivity contribution in [2.24, 2.45) is 11.8 Å². The molecule has 0 saturated carbocycles. The third kappa shape index (κ3) is 2.29. The van der Waals surface area contributed by atoms with Gasteiger partial charge >= 0.3 is 0 Å². The van der Waals surface area contributed by atoms with Gasteiger partial charge in [0.2, 0.25) is 11.8 Å². The van der Waals surface area contributed by atoms with Crippen molar-refractivity contribution in [3.63, 3.8) is 0 Å². The van der Waals surface area contributed by atoms with E-state index in [1.807, 2.05) is 24.3 Å².